The minimum atomic E-state index is -0.591. The van der Waals surface area contributed by atoms with Crippen LogP contribution in [0.2, 0.25) is 5.02 Å². The number of rotatable bonds is 3. The molecule has 0 saturated carbocycles. The molecule has 0 aliphatic rings. The van der Waals surface area contributed by atoms with E-state index in [0.717, 1.165) is 6.07 Å². The topological polar surface area (TPSA) is 72.2 Å². The van der Waals surface area contributed by atoms with Crippen molar-refractivity contribution in [2.24, 2.45) is 0 Å². The van der Waals surface area contributed by atoms with Crippen LogP contribution >= 0.6 is 11.6 Å². The molecule has 5 nitrogen and oxygen atoms in total. The van der Waals surface area contributed by atoms with Gasteiger partial charge in [-0.25, -0.2) is 0 Å². The number of benzene rings is 2. The average molecular weight is 301 g/mol. The van der Waals surface area contributed by atoms with Crippen molar-refractivity contribution in [3.63, 3.8) is 0 Å². The second-order valence-electron chi connectivity index (χ2n) is 4.10. The predicted molar refractivity (Wildman–Crippen MR) is 80.4 cm³/mol. The highest BCUT2D eigenvalue weighted by molar-refractivity contribution is 6.34. The van der Waals surface area contributed by atoms with E-state index < -0.39 is 10.8 Å². The Balaban J connectivity index is 2.30. The maximum absolute atomic E-state index is 12.1. The van der Waals surface area contributed by atoms with Crippen molar-refractivity contribution < 1.29 is 9.72 Å². The zero-order chi connectivity index (χ0) is 15.4. The molecule has 2 aromatic carbocycles. The Morgan fingerprint density at radius 3 is 2.71 bits per heavy atom. The highest BCUT2D eigenvalue weighted by Gasteiger charge is 2.16. The van der Waals surface area contributed by atoms with Gasteiger partial charge in [-0.2, -0.15) is 0 Å². The van der Waals surface area contributed by atoms with E-state index >= 15 is 0 Å². The maximum Gasteiger partial charge on any atom is 0.270 e. The lowest BCUT2D eigenvalue weighted by molar-refractivity contribution is -0.384. The second-order valence-corrected chi connectivity index (χ2v) is 4.51. The van der Waals surface area contributed by atoms with Crippen LogP contribution in [0.15, 0.2) is 42.5 Å². The van der Waals surface area contributed by atoms with E-state index in [0.29, 0.717) is 11.3 Å². The quantitative estimate of drug-likeness (QED) is 0.536. The molecular formula is C15H9ClN2O3. The number of carbonyl (C=O) groups is 1. The first-order valence-electron chi connectivity index (χ1n) is 5.83. The third kappa shape index (κ3) is 3.38. The lowest BCUT2D eigenvalue weighted by Crippen LogP contribution is -2.12. The fraction of sp³-hybridized carbons (Fsp3) is 0. The average Bonchev–Trinajstić information content (AvgIpc) is 2.47. The summed E-state index contributed by atoms with van der Waals surface area (Å²) in [6, 6.07) is 10.4. The summed E-state index contributed by atoms with van der Waals surface area (Å²) in [6.07, 6.45) is 5.28. The Morgan fingerprint density at radius 2 is 2.05 bits per heavy atom. The molecule has 2 aromatic rings. The lowest BCUT2D eigenvalue weighted by atomic mass is 10.1. The van der Waals surface area contributed by atoms with Gasteiger partial charge >= 0.3 is 0 Å². The van der Waals surface area contributed by atoms with Gasteiger partial charge in [0, 0.05) is 23.4 Å². The third-order valence-electron chi connectivity index (χ3n) is 2.69. The molecule has 0 aliphatic carbocycles. The number of anilines is 1. The van der Waals surface area contributed by atoms with Gasteiger partial charge in [-0.05, 0) is 24.3 Å². The van der Waals surface area contributed by atoms with Crippen LogP contribution in [-0.4, -0.2) is 10.8 Å². The Bertz CT molecular complexity index is 766. The van der Waals surface area contributed by atoms with E-state index in [1.807, 2.05) is 0 Å². The van der Waals surface area contributed by atoms with E-state index in [1.165, 1.54) is 12.1 Å². The lowest BCUT2D eigenvalue weighted by Gasteiger charge is -2.07. The molecule has 6 heteroatoms. The summed E-state index contributed by atoms with van der Waals surface area (Å²) in [4.78, 5) is 22.3. The number of amides is 1. The first-order chi connectivity index (χ1) is 10.0. The molecular weight excluding hydrogens is 292 g/mol. The highest BCUT2D eigenvalue weighted by atomic mass is 35.5. The Morgan fingerprint density at radius 1 is 1.29 bits per heavy atom. The summed E-state index contributed by atoms with van der Waals surface area (Å²) in [5.41, 5.74) is 0.912. The molecule has 0 atom stereocenters. The number of nitrogens with one attached hydrogen (secondary N) is 1. The number of non-ortho nitro benzene ring substituents is 1. The van der Waals surface area contributed by atoms with Crippen LogP contribution in [0.3, 0.4) is 0 Å². The minimum Gasteiger partial charge on any atom is -0.322 e. The van der Waals surface area contributed by atoms with E-state index in [-0.39, 0.29) is 16.3 Å². The first kappa shape index (κ1) is 14.6. The third-order valence-corrected chi connectivity index (χ3v) is 3.02. The van der Waals surface area contributed by atoms with Crippen molar-refractivity contribution in [3.05, 3.63) is 68.7 Å². The van der Waals surface area contributed by atoms with Gasteiger partial charge in [0.05, 0.1) is 15.5 Å². The number of carbonyl (C=O) groups excluding carboxylic acids is 1. The number of nitro benzene ring substituents is 1. The van der Waals surface area contributed by atoms with Gasteiger partial charge in [-0.15, -0.1) is 6.42 Å². The molecule has 0 aliphatic heterocycles. The molecule has 1 N–H and O–H groups in total. The fourth-order valence-electron chi connectivity index (χ4n) is 1.69. The Kier molecular flexibility index (Phi) is 4.21. The van der Waals surface area contributed by atoms with Crippen molar-refractivity contribution in [3.8, 4) is 12.3 Å². The summed E-state index contributed by atoms with van der Waals surface area (Å²) < 4.78 is 0. The monoisotopic (exact) mass is 300 g/mol. The Labute approximate surface area is 125 Å². The standard InChI is InChI=1S/C15H9ClN2O3/c1-2-10-4-3-5-11(8-10)17-15(19)13-9-12(18(20)21)6-7-14(13)16/h1,3-9H,(H,17,19). The van der Waals surface area contributed by atoms with Crippen molar-refractivity contribution in [2.45, 2.75) is 0 Å². The normalized spacial score (nSPS) is 9.71. The summed E-state index contributed by atoms with van der Waals surface area (Å²) in [5.74, 6) is 1.91. The predicted octanol–water partition coefficient (Wildman–Crippen LogP) is 3.48. The van der Waals surface area contributed by atoms with Gasteiger partial charge in [0.1, 0.15) is 0 Å². The molecule has 1 amide bonds. The van der Waals surface area contributed by atoms with Crippen LogP contribution in [0.5, 0.6) is 0 Å². The zero-order valence-corrected chi connectivity index (χ0v) is 11.4. The van der Waals surface area contributed by atoms with E-state index in [9.17, 15) is 14.9 Å². The van der Waals surface area contributed by atoms with Crippen molar-refractivity contribution in [1.82, 2.24) is 0 Å². The van der Waals surface area contributed by atoms with Crippen LogP contribution in [0.25, 0.3) is 0 Å². The second kappa shape index (κ2) is 6.07. The van der Waals surface area contributed by atoms with Gasteiger partial charge in [-0.3, -0.25) is 14.9 Å². The number of hydrogen-bond donors (Lipinski definition) is 1. The fourth-order valence-corrected chi connectivity index (χ4v) is 1.89. The van der Waals surface area contributed by atoms with Crippen molar-refractivity contribution >= 4 is 28.9 Å². The molecule has 0 heterocycles. The van der Waals surface area contributed by atoms with Gasteiger partial charge in [0.15, 0.2) is 0 Å². The molecule has 104 valence electrons. The smallest absolute Gasteiger partial charge is 0.270 e. The zero-order valence-electron chi connectivity index (χ0n) is 10.7. The van der Waals surface area contributed by atoms with Gasteiger partial charge < -0.3 is 5.32 Å². The molecule has 0 unspecified atom stereocenters. The molecule has 0 bridgehead atoms. The molecule has 2 rings (SSSR count). The molecule has 21 heavy (non-hydrogen) atoms. The first-order valence-corrected chi connectivity index (χ1v) is 6.21. The maximum atomic E-state index is 12.1. The van der Waals surface area contributed by atoms with Crippen LogP contribution in [-0.2, 0) is 0 Å². The number of halogens is 1. The summed E-state index contributed by atoms with van der Waals surface area (Å²) in [5, 5.41) is 13.5. The SMILES string of the molecule is C#Cc1cccc(NC(=O)c2cc([N+](=O)[O-])ccc2Cl)c1. The number of nitro groups is 1. The van der Waals surface area contributed by atoms with Gasteiger partial charge in [-0.1, -0.05) is 23.6 Å². The van der Waals surface area contributed by atoms with Crippen molar-refractivity contribution in [1.29, 1.82) is 0 Å². The Hall–Kier alpha value is -2.84. The van der Waals surface area contributed by atoms with E-state index in [1.54, 1.807) is 24.3 Å². The highest BCUT2D eigenvalue weighted by Crippen LogP contribution is 2.23. The number of nitrogens with zero attached hydrogens (tertiary/aromatic N) is 1. The summed E-state index contributed by atoms with van der Waals surface area (Å²) in [7, 11) is 0. The molecule has 0 saturated heterocycles. The van der Waals surface area contributed by atoms with Crippen molar-refractivity contribution in [2.75, 3.05) is 5.32 Å². The van der Waals surface area contributed by atoms with Crippen LogP contribution in [0.4, 0.5) is 11.4 Å². The van der Waals surface area contributed by atoms with Crippen LogP contribution < -0.4 is 5.32 Å². The van der Waals surface area contributed by atoms with Crippen LogP contribution in [0, 0.1) is 22.5 Å². The molecule has 0 aromatic heterocycles. The molecule has 0 fully saturated rings. The molecule has 0 radical (unpaired) electrons. The van der Waals surface area contributed by atoms with Crippen LogP contribution in [0.1, 0.15) is 15.9 Å². The van der Waals surface area contributed by atoms with Gasteiger partial charge in [0.25, 0.3) is 11.6 Å². The van der Waals surface area contributed by atoms with Gasteiger partial charge in [0.2, 0.25) is 0 Å². The van der Waals surface area contributed by atoms with E-state index in [2.05, 4.69) is 11.2 Å². The number of terminal acetylenes is 1. The molecule has 0 spiro atoms. The summed E-state index contributed by atoms with van der Waals surface area (Å²) in [6.45, 7) is 0. The summed E-state index contributed by atoms with van der Waals surface area (Å²) >= 11 is 5.90. The minimum absolute atomic E-state index is 0.0250. The number of hydrogen-bond acceptors (Lipinski definition) is 3. The largest absolute Gasteiger partial charge is 0.322 e. The van der Waals surface area contributed by atoms with E-state index in [4.69, 9.17) is 18.0 Å².